The second-order valence-corrected chi connectivity index (χ2v) is 21.8. The van der Waals surface area contributed by atoms with Crippen LogP contribution in [0.4, 0.5) is 0 Å². The number of likely N-dealkylation sites (tertiary alicyclic amines) is 1. The zero-order valence-electron chi connectivity index (χ0n) is 49.4. The monoisotopic (exact) mass is 1200 g/mol. The standard InChI is InChI=1S/C58H91N17O11/c1-35(2)49(55(83)68-34-47(76)69-41(20-8-11-25-59)52(80)72-44(57(85)86)22-10-13-27-61)74-54(82)46-24-15-29-75(46)56(84)43(21-9-12-26-60)70-48(77)33-67-51(79)45(31-37-32-66-40-19-7-6-18-38(37)40)73-53(81)42(23-14-28-65-58(63)64)71-50(78)39(62)30-36-16-4-3-5-17-36/h3-7,16-19,32,35,39,41-46,49,66H,8-15,20-31,33-34,59-62H2,1-2H3,(H,67,79)(H,68,83)(H,69,76)(H,70,77)(H,71,78)(H,72,80)(H,73,81)(H,74,82)(H,85,86)(H4,63,64,65)/t39-,41-,42-,43-,44-,45-,46-,49-/m0/s1. The number of fused-ring (bicyclic) bond motifs is 1. The Labute approximate surface area is 501 Å². The smallest absolute Gasteiger partial charge is 0.326 e. The topological polar surface area (TPSA) is 475 Å². The van der Waals surface area contributed by atoms with Crippen LogP contribution in [0.5, 0.6) is 0 Å². The third-order valence-corrected chi connectivity index (χ3v) is 14.6. The molecular weight excluding hydrogens is 1110 g/mol. The van der Waals surface area contributed by atoms with E-state index in [9.17, 15) is 53.1 Å². The third kappa shape index (κ3) is 23.7. The minimum Gasteiger partial charge on any atom is -0.480 e. The molecule has 4 rings (SSSR count). The number of guanidine groups is 1. The highest BCUT2D eigenvalue weighted by molar-refractivity contribution is 5.98. The van der Waals surface area contributed by atoms with E-state index in [2.05, 4.69) is 52.5 Å². The maximum Gasteiger partial charge on any atom is 0.326 e. The number of carboxylic acid groups (broad SMARTS) is 1. The number of nitrogens with zero attached hydrogens (tertiary/aromatic N) is 2. The molecule has 9 amide bonds. The predicted octanol–water partition coefficient (Wildman–Crippen LogP) is -2.41. The molecule has 8 atom stereocenters. The van der Waals surface area contributed by atoms with Crippen LogP contribution in [0.2, 0.25) is 0 Å². The average Bonchev–Trinajstić information content (AvgIpc) is 3.02. The van der Waals surface area contributed by atoms with Crippen LogP contribution in [-0.2, 0) is 60.8 Å². The van der Waals surface area contributed by atoms with Gasteiger partial charge in [0.15, 0.2) is 5.96 Å². The number of hydrogen-bond donors (Lipinski definition) is 16. The molecule has 0 saturated carbocycles. The second kappa shape index (κ2) is 37.3. The van der Waals surface area contributed by atoms with Crippen molar-refractivity contribution in [3.05, 3.63) is 71.9 Å². The lowest BCUT2D eigenvalue weighted by Gasteiger charge is -2.30. The van der Waals surface area contributed by atoms with E-state index in [1.54, 1.807) is 20.0 Å². The zero-order valence-corrected chi connectivity index (χ0v) is 49.4. The normalized spacial score (nSPS) is 15.4. The van der Waals surface area contributed by atoms with Crippen molar-refractivity contribution >= 4 is 76.0 Å². The molecule has 1 aromatic heterocycles. The second-order valence-electron chi connectivity index (χ2n) is 21.8. The van der Waals surface area contributed by atoms with Crippen molar-refractivity contribution in [1.82, 2.24) is 52.4 Å². The Hall–Kier alpha value is -8.21. The van der Waals surface area contributed by atoms with Gasteiger partial charge in [-0.2, -0.15) is 0 Å². The van der Waals surface area contributed by atoms with Crippen molar-refractivity contribution in [1.29, 1.82) is 0 Å². The first-order valence-electron chi connectivity index (χ1n) is 29.6. The summed E-state index contributed by atoms with van der Waals surface area (Å²) in [5, 5.41) is 31.6. The summed E-state index contributed by atoms with van der Waals surface area (Å²) in [6, 6.07) is 7.16. The van der Waals surface area contributed by atoms with E-state index in [1.807, 2.05) is 54.6 Å². The van der Waals surface area contributed by atoms with Crippen LogP contribution in [0.15, 0.2) is 65.8 Å². The molecule has 474 valence electrons. The summed E-state index contributed by atoms with van der Waals surface area (Å²) in [4.78, 5) is 145. The van der Waals surface area contributed by atoms with Gasteiger partial charge in [-0.1, -0.05) is 62.4 Å². The van der Waals surface area contributed by atoms with Crippen LogP contribution >= 0.6 is 0 Å². The van der Waals surface area contributed by atoms with E-state index in [0.29, 0.717) is 70.1 Å². The number of aromatic amines is 1. The maximum atomic E-state index is 14.5. The number of aromatic nitrogens is 1. The van der Waals surface area contributed by atoms with Crippen LogP contribution in [0, 0.1) is 5.92 Å². The van der Waals surface area contributed by atoms with E-state index in [-0.39, 0.29) is 70.4 Å². The largest absolute Gasteiger partial charge is 0.480 e. The maximum absolute atomic E-state index is 14.5. The number of aliphatic imine (C=N–C) groups is 1. The number of rotatable bonds is 39. The minimum absolute atomic E-state index is 0.0518. The Balaban J connectivity index is 1.45. The van der Waals surface area contributed by atoms with E-state index in [1.165, 1.54) is 4.90 Å². The number of para-hydroxylation sites is 1. The molecule has 0 radical (unpaired) electrons. The fraction of sp³-hybridized carbons (Fsp3) is 0.569. The Morgan fingerprint density at radius 2 is 1.15 bits per heavy atom. The highest BCUT2D eigenvalue weighted by Gasteiger charge is 2.40. The first-order chi connectivity index (χ1) is 41.2. The molecule has 1 aliphatic rings. The van der Waals surface area contributed by atoms with Gasteiger partial charge in [-0.05, 0) is 133 Å². The Morgan fingerprint density at radius 1 is 0.616 bits per heavy atom. The zero-order chi connectivity index (χ0) is 63.1. The van der Waals surface area contributed by atoms with Gasteiger partial charge in [0.25, 0.3) is 0 Å². The van der Waals surface area contributed by atoms with Crippen molar-refractivity contribution in [3.8, 4) is 0 Å². The molecule has 0 bridgehead atoms. The van der Waals surface area contributed by atoms with Gasteiger partial charge in [0.2, 0.25) is 53.2 Å². The van der Waals surface area contributed by atoms with E-state index in [0.717, 1.165) is 16.5 Å². The van der Waals surface area contributed by atoms with Crippen LogP contribution < -0.4 is 76.9 Å². The van der Waals surface area contributed by atoms with Gasteiger partial charge in [0, 0.05) is 36.6 Å². The van der Waals surface area contributed by atoms with E-state index >= 15 is 0 Å². The van der Waals surface area contributed by atoms with Gasteiger partial charge in [0.05, 0.1) is 19.1 Å². The molecule has 1 fully saturated rings. The van der Waals surface area contributed by atoms with Crippen molar-refractivity contribution in [2.24, 2.45) is 45.3 Å². The number of amides is 9. The van der Waals surface area contributed by atoms with Crippen molar-refractivity contribution in [2.45, 2.75) is 158 Å². The van der Waals surface area contributed by atoms with Crippen LogP contribution in [0.25, 0.3) is 10.9 Å². The van der Waals surface area contributed by atoms with Gasteiger partial charge in [-0.25, -0.2) is 4.79 Å². The fourth-order valence-corrected chi connectivity index (χ4v) is 9.89. The Kier molecular flexibility index (Phi) is 30.5. The van der Waals surface area contributed by atoms with Gasteiger partial charge < -0.3 is 91.9 Å². The molecule has 1 aliphatic heterocycles. The molecular formula is C58H91N17O11. The summed E-state index contributed by atoms with van der Waals surface area (Å²) in [5.74, 6) is -8.19. The molecule has 3 aromatic rings. The quantitative estimate of drug-likeness (QED) is 0.0161. The lowest BCUT2D eigenvalue weighted by atomic mass is 10.0. The first-order valence-corrected chi connectivity index (χ1v) is 29.6. The lowest BCUT2D eigenvalue weighted by Crippen LogP contribution is -2.58. The number of H-pyrrole nitrogens is 1. The van der Waals surface area contributed by atoms with Gasteiger partial charge in [-0.15, -0.1) is 0 Å². The molecule has 1 saturated heterocycles. The highest BCUT2D eigenvalue weighted by Crippen LogP contribution is 2.22. The Bertz CT molecular complexity index is 2740. The van der Waals surface area contributed by atoms with Crippen molar-refractivity contribution in [3.63, 3.8) is 0 Å². The number of nitrogens with two attached hydrogens (primary N) is 6. The first kappa shape index (κ1) is 70.3. The summed E-state index contributed by atoms with van der Waals surface area (Å²) in [7, 11) is 0. The molecule has 22 N–H and O–H groups in total. The SMILES string of the molecule is CC(C)[C@H](NC(=O)[C@@H]1CCCN1C(=O)[C@H](CCCCN)NC(=O)CNC(=O)[C@H](Cc1c[nH]c2ccccc12)NC(=O)[C@H](CCCN=C(N)N)NC(=O)[C@@H](N)Cc1ccccc1)C(=O)NCC(=O)N[C@@H](CCCCN)C(=O)N[C@@H](CCCCN)C(=O)O. The summed E-state index contributed by atoms with van der Waals surface area (Å²) in [6.07, 6.45) is 6.06. The lowest BCUT2D eigenvalue weighted by molar-refractivity contribution is -0.142. The number of carbonyl (C=O) groups excluding carboxylic acids is 9. The number of hydrogen-bond acceptors (Lipinski definition) is 15. The van der Waals surface area contributed by atoms with Crippen LogP contribution in [-0.4, -0.2) is 174 Å². The highest BCUT2D eigenvalue weighted by atomic mass is 16.4. The minimum atomic E-state index is -1.30. The molecule has 28 heteroatoms. The molecule has 2 aromatic carbocycles. The summed E-state index contributed by atoms with van der Waals surface area (Å²) >= 11 is 0. The van der Waals surface area contributed by atoms with E-state index in [4.69, 9.17) is 34.4 Å². The number of unbranched alkanes of at least 4 members (excludes halogenated alkanes) is 3. The number of carbonyl (C=O) groups is 10. The van der Waals surface area contributed by atoms with Crippen molar-refractivity contribution < 1.29 is 53.1 Å². The molecule has 28 nitrogen and oxygen atoms in total. The summed E-state index contributed by atoms with van der Waals surface area (Å²) in [6.45, 7) is 3.36. The fourth-order valence-electron chi connectivity index (χ4n) is 9.89. The Morgan fingerprint density at radius 3 is 1.76 bits per heavy atom. The number of carboxylic acids is 1. The van der Waals surface area contributed by atoms with Crippen LogP contribution in [0.1, 0.15) is 108 Å². The third-order valence-electron chi connectivity index (χ3n) is 14.6. The van der Waals surface area contributed by atoms with Crippen LogP contribution in [0.3, 0.4) is 0 Å². The summed E-state index contributed by atoms with van der Waals surface area (Å²) in [5.41, 5.74) is 36.6. The average molecular weight is 1200 g/mol. The van der Waals surface area contributed by atoms with Gasteiger partial charge in [0.1, 0.15) is 42.3 Å². The molecule has 0 spiro atoms. The number of nitrogens with one attached hydrogen (secondary N) is 9. The summed E-state index contributed by atoms with van der Waals surface area (Å²) < 4.78 is 0. The predicted molar refractivity (Wildman–Crippen MR) is 324 cm³/mol. The van der Waals surface area contributed by atoms with Gasteiger partial charge >= 0.3 is 5.97 Å². The molecule has 0 aliphatic carbocycles. The molecule has 2 heterocycles. The van der Waals surface area contributed by atoms with Gasteiger partial charge in [-0.3, -0.25) is 48.1 Å². The van der Waals surface area contributed by atoms with E-state index < -0.39 is 126 Å². The molecule has 86 heavy (non-hydrogen) atoms. The number of benzene rings is 2. The molecule has 0 unspecified atom stereocenters. The number of aliphatic carboxylic acids is 1. The van der Waals surface area contributed by atoms with Crippen molar-refractivity contribution in [2.75, 3.05) is 45.8 Å².